The molecule has 0 radical (unpaired) electrons. The van der Waals surface area contributed by atoms with Gasteiger partial charge in [0.2, 0.25) is 0 Å². The van der Waals surface area contributed by atoms with Crippen LogP contribution in [-0.2, 0) is 6.42 Å². The summed E-state index contributed by atoms with van der Waals surface area (Å²) in [6.07, 6.45) is 7.67. The molecule has 3 nitrogen and oxygen atoms in total. The molecule has 0 saturated heterocycles. The molecule has 2 aliphatic heterocycles. The number of hydrogen-bond donors (Lipinski definition) is 1. The normalized spacial score (nSPS) is 23.2. The van der Waals surface area contributed by atoms with Gasteiger partial charge in [0.05, 0.1) is 6.04 Å². The Kier molecular flexibility index (Phi) is 4.80. The number of aryl methyl sites for hydroxylation is 1. The van der Waals surface area contributed by atoms with Gasteiger partial charge in [0.1, 0.15) is 0 Å². The third-order valence-electron chi connectivity index (χ3n) is 7.19. The Hall–Kier alpha value is -3.04. The van der Waals surface area contributed by atoms with Gasteiger partial charge in [-0.15, -0.1) is 0 Å². The summed E-state index contributed by atoms with van der Waals surface area (Å²) >= 11 is 6.12. The molecule has 3 atom stereocenters. The van der Waals surface area contributed by atoms with Crippen LogP contribution < -0.4 is 10.2 Å². The molecule has 1 aliphatic carbocycles. The lowest BCUT2D eigenvalue weighted by molar-refractivity contribution is 0.0985. The van der Waals surface area contributed by atoms with Gasteiger partial charge in [-0.3, -0.25) is 4.79 Å². The molecule has 1 amide bonds. The van der Waals surface area contributed by atoms with Crippen molar-refractivity contribution in [2.75, 3.05) is 16.8 Å². The van der Waals surface area contributed by atoms with Crippen molar-refractivity contribution in [2.24, 2.45) is 5.92 Å². The van der Waals surface area contributed by atoms with Gasteiger partial charge in [-0.25, -0.2) is 0 Å². The monoisotopic (exact) mass is 440 g/mol. The van der Waals surface area contributed by atoms with Crippen LogP contribution in [0.3, 0.4) is 0 Å². The summed E-state index contributed by atoms with van der Waals surface area (Å²) in [7, 11) is 0. The Bertz CT molecular complexity index is 1220. The number of carbonyl (C=O) groups excluding carboxylic acids is 1. The molecule has 2 heterocycles. The van der Waals surface area contributed by atoms with Gasteiger partial charge in [-0.1, -0.05) is 54.1 Å². The fraction of sp³-hybridized carbons (Fsp3) is 0.250. The van der Waals surface area contributed by atoms with E-state index < -0.39 is 0 Å². The number of carbonyl (C=O) groups is 1. The van der Waals surface area contributed by atoms with E-state index in [9.17, 15) is 4.79 Å². The highest BCUT2D eigenvalue weighted by Gasteiger charge is 2.38. The lowest BCUT2D eigenvalue weighted by Crippen LogP contribution is -2.36. The van der Waals surface area contributed by atoms with Crippen LogP contribution in [0.5, 0.6) is 0 Å². The van der Waals surface area contributed by atoms with Crippen LogP contribution in [-0.4, -0.2) is 12.5 Å². The van der Waals surface area contributed by atoms with E-state index in [-0.39, 0.29) is 11.9 Å². The predicted octanol–water partition coefficient (Wildman–Crippen LogP) is 6.76. The van der Waals surface area contributed by atoms with Crippen LogP contribution in [0.25, 0.3) is 0 Å². The summed E-state index contributed by atoms with van der Waals surface area (Å²) in [5.74, 6) is 0.844. The summed E-state index contributed by atoms with van der Waals surface area (Å²) in [4.78, 5) is 15.5. The number of hydrogen-bond acceptors (Lipinski definition) is 2. The van der Waals surface area contributed by atoms with E-state index in [0.717, 1.165) is 47.8 Å². The lowest BCUT2D eigenvalue weighted by Gasteiger charge is -2.38. The second-order valence-electron chi connectivity index (χ2n) is 9.02. The van der Waals surface area contributed by atoms with E-state index in [1.165, 1.54) is 16.7 Å². The number of nitrogens with one attached hydrogen (secondary N) is 1. The van der Waals surface area contributed by atoms with Crippen LogP contribution in [0, 0.1) is 5.92 Å². The van der Waals surface area contributed by atoms with Gasteiger partial charge < -0.3 is 10.2 Å². The van der Waals surface area contributed by atoms with Gasteiger partial charge in [-0.2, -0.15) is 0 Å². The minimum absolute atomic E-state index is 0.0956. The maximum absolute atomic E-state index is 13.5. The Morgan fingerprint density at radius 1 is 1.03 bits per heavy atom. The molecular weight excluding hydrogens is 416 g/mol. The summed E-state index contributed by atoms with van der Waals surface area (Å²) < 4.78 is 0. The zero-order chi connectivity index (χ0) is 21.7. The maximum atomic E-state index is 13.5. The highest BCUT2D eigenvalue weighted by Crippen LogP contribution is 2.50. The number of allylic oxidation sites excluding steroid dienone is 2. The largest absolute Gasteiger partial charge is 0.378 e. The first-order valence-corrected chi connectivity index (χ1v) is 11.8. The molecule has 3 aromatic rings. The summed E-state index contributed by atoms with van der Waals surface area (Å²) in [6, 6.07) is 22.9. The maximum Gasteiger partial charge on any atom is 0.258 e. The molecule has 0 aromatic heterocycles. The van der Waals surface area contributed by atoms with Gasteiger partial charge in [-0.05, 0) is 78.3 Å². The highest BCUT2D eigenvalue weighted by molar-refractivity contribution is 6.30. The van der Waals surface area contributed by atoms with E-state index in [1.54, 1.807) is 0 Å². The molecule has 160 valence electrons. The van der Waals surface area contributed by atoms with Crippen molar-refractivity contribution in [3.63, 3.8) is 0 Å². The molecule has 0 unspecified atom stereocenters. The topological polar surface area (TPSA) is 32.3 Å². The number of rotatable bonds is 2. The Morgan fingerprint density at radius 2 is 1.88 bits per heavy atom. The molecule has 32 heavy (non-hydrogen) atoms. The molecule has 3 aliphatic rings. The Labute approximate surface area is 193 Å². The minimum atomic E-state index is 0.0956. The molecule has 4 heteroatoms. The average molecular weight is 441 g/mol. The summed E-state index contributed by atoms with van der Waals surface area (Å²) in [5.41, 5.74) is 6.69. The smallest absolute Gasteiger partial charge is 0.258 e. The van der Waals surface area contributed by atoms with Gasteiger partial charge in [0.25, 0.3) is 5.91 Å². The molecule has 0 spiro atoms. The number of halogens is 1. The zero-order valence-corrected chi connectivity index (χ0v) is 18.6. The number of fused-ring (bicyclic) bond motifs is 4. The van der Waals surface area contributed by atoms with Crippen molar-refractivity contribution >= 4 is 28.9 Å². The molecular formula is C28H25ClN2O. The highest BCUT2D eigenvalue weighted by atomic mass is 35.5. The van der Waals surface area contributed by atoms with Crippen molar-refractivity contribution in [2.45, 2.75) is 31.2 Å². The van der Waals surface area contributed by atoms with E-state index in [0.29, 0.717) is 11.8 Å². The quantitative estimate of drug-likeness (QED) is 0.446. The predicted molar refractivity (Wildman–Crippen MR) is 131 cm³/mol. The number of nitrogens with zero attached hydrogens (tertiary/aromatic N) is 1. The molecule has 6 rings (SSSR count). The standard InChI is InChI=1S/C28H25ClN2O/c29-21-13-10-19(11-14-21)27-23-8-3-7-22(23)24-17-20(12-15-25(24)30-27)28(32)31-16-4-6-18-5-1-2-9-26(18)31/h1-3,5,7,9-15,17,22-23,27,30H,4,6,8,16H2/t22-,23+,27+/m1/s1. The van der Waals surface area contributed by atoms with E-state index in [2.05, 4.69) is 59.9 Å². The molecule has 0 fully saturated rings. The first kappa shape index (κ1) is 19.6. The van der Waals surface area contributed by atoms with Crippen LogP contribution in [0.2, 0.25) is 5.02 Å². The Morgan fingerprint density at radius 3 is 2.75 bits per heavy atom. The molecule has 3 aromatic carbocycles. The zero-order valence-electron chi connectivity index (χ0n) is 17.8. The van der Waals surface area contributed by atoms with Crippen LogP contribution >= 0.6 is 11.6 Å². The number of para-hydroxylation sites is 1. The molecule has 0 saturated carbocycles. The minimum Gasteiger partial charge on any atom is -0.378 e. The van der Waals surface area contributed by atoms with Crippen molar-refractivity contribution in [3.8, 4) is 0 Å². The van der Waals surface area contributed by atoms with E-state index in [4.69, 9.17) is 11.6 Å². The first-order valence-electron chi connectivity index (χ1n) is 11.4. The van der Waals surface area contributed by atoms with Crippen LogP contribution in [0.15, 0.2) is 78.9 Å². The lowest BCUT2D eigenvalue weighted by atomic mass is 9.76. The number of amides is 1. The van der Waals surface area contributed by atoms with Gasteiger partial charge >= 0.3 is 0 Å². The van der Waals surface area contributed by atoms with E-state index >= 15 is 0 Å². The van der Waals surface area contributed by atoms with Crippen molar-refractivity contribution < 1.29 is 4.79 Å². The number of benzene rings is 3. The van der Waals surface area contributed by atoms with Crippen molar-refractivity contribution in [3.05, 3.63) is 106 Å². The Balaban J connectivity index is 1.34. The number of anilines is 2. The van der Waals surface area contributed by atoms with Crippen LogP contribution in [0.1, 0.15) is 51.8 Å². The van der Waals surface area contributed by atoms with Gasteiger partial charge in [0, 0.05) is 34.4 Å². The van der Waals surface area contributed by atoms with Crippen molar-refractivity contribution in [1.29, 1.82) is 0 Å². The third kappa shape index (κ3) is 3.23. The van der Waals surface area contributed by atoms with Crippen LogP contribution in [0.4, 0.5) is 11.4 Å². The SMILES string of the molecule is O=C(c1ccc2c(c1)[C@@H]1C=CC[C@@H]1[C@H](c1ccc(Cl)cc1)N2)N1CCCc2ccccc21. The average Bonchev–Trinajstić information content (AvgIpc) is 3.33. The third-order valence-corrected chi connectivity index (χ3v) is 7.45. The summed E-state index contributed by atoms with van der Waals surface area (Å²) in [5, 5.41) is 4.52. The first-order chi connectivity index (χ1) is 15.7. The second-order valence-corrected chi connectivity index (χ2v) is 9.45. The summed E-state index contributed by atoms with van der Waals surface area (Å²) in [6.45, 7) is 0.774. The van der Waals surface area contributed by atoms with E-state index in [1.807, 2.05) is 29.2 Å². The molecule has 0 bridgehead atoms. The fourth-order valence-electron chi connectivity index (χ4n) is 5.63. The molecule has 1 N–H and O–H groups in total. The van der Waals surface area contributed by atoms with Crippen molar-refractivity contribution in [1.82, 2.24) is 0 Å². The van der Waals surface area contributed by atoms with Gasteiger partial charge in [0.15, 0.2) is 0 Å². The fourth-order valence-corrected chi connectivity index (χ4v) is 5.75. The second kappa shape index (κ2) is 7.83.